The second kappa shape index (κ2) is 9.21. The summed E-state index contributed by atoms with van der Waals surface area (Å²) in [6.45, 7) is 6.47. The van der Waals surface area contributed by atoms with Gasteiger partial charge < -0.3 is 14.3 Å². The molecule has 1 N–H and O–H groups in total. The molecule has 0 atom stereocenters. The van der Waals surface area contributed by atoms with E-state index in [1.165, 1.54) is 12.3 Å². The van der Waals surface area contributed by atoms with Gasteiger partial charge in [0.05, 0.1) is 11.3 Å². The zero-order chi connectivity index (χ0) is 26.0. The van der Waals surface area contributed by atoms with Crippen LogP contribution in [0.4, 0.5) is 0 Å². The first-order chi connectivity index (χ1) is 18.4. The molecule has 0 fully saturated rings. The van der Waals surface area contributed by atoms with Gasteiger partial charge in [0.2, 0.25) is 5.88 Å². The van der Waals surface area contributed by atoms with Crippen molar-refractivity contribution in [3.63, 3.8) is 0 Å². The minimum Gasteiger partial charge on any atom is -0.517 e. The van der Waals surface area contributed by atoms with E-state index in [9.17, 15) is 5.11 Å². The van der Waals surface area contributed by atoms with Crippen LogP contribution in [0, 0.1) is 6.07 Å². The standard InChI is InChI=1S/C31H23N4O3.Pt/c1-31(2,3)18-15-26(35-23-9-5-4-7-20(23)21-8-6-13-32-29(21)35)34-27(16-18)37-19-10-11-25-22(17-19)28-24(36)12-14-33-30(28)38-25;/h4-16H,1-3H3,(H,33,36);/q-1;. The Morgan fingerprint density at radius 2 is 1.74 bits per heavy atom. The number of aromatic hydroxyl groups is 1. The van der Waals surface area contributed by atoms with Crippen LogP contribution in [-0.2, 0) is 26.5 Å². The van der Waals surface area contributed by atoms with E-state index in [-0.39, 0.29) is 32.2 Å². The van der Waals surface area contributed by atoms with Gasteiger partial charge in [-0.1, -0.05) is 62.6 Å². The Balaban J connectivity index is 0.00000277. The van der Waals surface area contributed by atoms with Gasteiger partial charge in [0.15, 0.2) is 5.71 Å². The number of fused-ring (bicyclic) bond motifs is 6. The summed E-state index contributed by atoms with van der Waals surface area (Å²) in [7, 11) is 0. The first kappa shape index (κ1) is 25.1. The molecule has 2 aromatic carbocycles. The molecule has 0 aliphatic rings. The first-order valence-electron chi connectivity index (χ1n) is 12.3. The van der Waals surface area contributed by atoms with E-state index in [1.54, 1.807) is 18.3 Å². The summed E-state index contributed by atoms with van der Waals surface area (Å²) in [6, 6.07) is 24.6. The van der Waals surface area contributed by atoms with Gasteiger partial charge >= 0.3 is 0 Å². The number of hydrogen-bond donors (Lipinski definition) is 1. The van der Waals surface area contributed by atoms with Crippen molar-refractivity contribution < 1.29 is 35.3 Å². The van der Waals surface area contributed by atoms with Crippen molar-refractivity contribution in [1.29, 1.82) is 0 Å². The average Bonchev–Trinajstić information content (AvgIpc) is 3.44. The molecule has 5 heterocycles. The number of furan rings is 1. The summed E-state index contributed by atoms with van der Waals surface area (Å²) in [5.41, 5.74) is 3.67. The van der Waals surface area contributed by atoms with Crippen LogP contribution >= 0.6 is 0 Å². The molecule has 0 saturated carbocycles. The first-order valence-corrected chi connectivity index (χ1v) is 12.3. The molecular formula is C31H23N4O3Pt-. The molecule has 0 radical (unpaired) electrons. The SMILES string of the molecule is CC(C)(C)c1cc(Oc2[c-]c3c(cc2)oc2nccc(O)c23)nc(-n2c3ccccc3c3cccnc32)c1.[Pt]. The van der Waals surface area contributed by atoms with Gasteiger partial charge in [0.25, 0.3) is 0 Å². The predicted octanol–water partition coefficient (Wildman–Crippen LogP) is 7.46. The molecule has 39 heavy (non-hydrogen) atoms. The summed E-state index contributed by atoms with van der Waals surface area (Å²) < 4.78 is 14.1. The van der Waals surface area contributed by atoms with Crippen molar-refractivity contribution in [3.05, 3.63) is 90.8 Å². The molecule has 0 aliphatic carbocycles. The number of benzene rings is 2. The molecule has 0 bridgehead atoms. The Hall–Kier alpha value is -4.22. The molecular weight excluding hydrogens is 671 g/mol. The molecule has 7 rings (SSSR count). The summed E-state index contributed by atoms with van der Waals surface area (Å²) in [4.78, 5) is 13.8. The monoisotopic (exact) mass is 694 g/mol. The number of nitrogens with zero attached hydrogens (tertiary/aromatic N) is 4. The van der Waals surface area contributed by atoms with Gasteiger partial charge in [-0.2, -0.15) is 4.98 Å². The van der Waals surface area contributed by atoms with E-state index in [0.29, 0.717) is 39.5 Å². The third kappa shape index (κ3) is 4.14. The Bertz CT molecular complexity index is 1970. The van der Waals surface area contributed by atoms with Crippen molar-refractivity contribution in [2.24, 2.45) is 0 Å². The third-order valence-electron chi connectivity index (χ3n) is 6.76. The Kier molecular flexibility index (Phi) is 5.92. The maximum atomic E-state index is 10.4. The normalized spacial score (nSPS) is 11.9. The Morgan fingerprint density at radius 3 is 2.59 bits per heavy atom. The van der Waals surface area contributed by atoms with Crippen LogP contribution in [0.3, 0.4) is 0 Å². The fraction of sp³-hybridized carbons (Fsp3) is 0.129. The van der Waals surface area contributed by atoms with E-state index in [0.717, 1.165) is 27.5 Å². The Labute approximate surface area is 238 Å². The van der Waals surface area contributed by atoms with Crippen LogP contribution in [0.25, 0.3) is 49.8 Å². The Morgan fingerprint density at radius 1 is 0.923 bits per heavy atom. The largest absolute Gasteiger partial charge is 0.517 e. The van der Waals surface area contributed by atoms with Gasteiger partial charge in [-0.25, -0.2) is 9.97 Å². The minimum absolute atomic E-state index is 0. The fourth-order valence-electron chi connectivity index (χ4n) is 4.87. The molecule has 0 unspecified atom stereocenters. The second-order valence-electron chi connectivity index (χ2n) is 10.3. The molecule has 5 aromatic heterocycles. The summed E-state index contributed by atoms with van der Waals surface area (Å²) in [5, 5.41) is 13.7. The van der Waals surface area contributed by atoms with E-state index < -0.39 is 0 Å². The zero-order valence-electron chi connectivity index (χ0n) is 21.4. The van der Waals surface area contributed by atoms with E-state index in [4.69, 9.17) is 19.1 Å². The third-order valence-corrected chi connectivity index (χ3v) is 6.76. The van der Waals surface area contributed by atoms with E-state index >= 15 is 0 Å². The zero-order valence-corrected chi connectivity index (χ0v) is 23.6. The van der Waals surface area contributed by atoms with Gasteiger partial charge in [-0.3, -0.25) is 4.57 Å². The predicted molar refractivity (Wildman–Crippen MR) is 147 cm³/mol. The molecule has 8 heteroatoms. The molecule has 0 aliphatic heterocycles. The number of pyridine rings is 3. The van der Waals surface area contributed by atoms with Crippen LogP contribution in [0.5, 0.6) is 17.4 Å². The van der Waals surface area contributed by atoms with Crippen molar-refractivity contribution in [1.82, 2.24) is 19.5 Å². The van der Waals surface area contributed by atoms with Crippen LogP contribution in [-0.4, -0.2) is 24.6 Å². The van der Waals surface area contributed by atoms with Crippen molar-refractivity contribution in [2.75, 3.05) is 0 Å². The summed E-state index contributed by atoms with van der Waals surface area (Å²) >= 11 is 0. The molecule has 7 aromatic rings. The average molecular weight is 695 g/mol. The molecule has 0 amide bonds. The van der Waals surface area contributed by atoms with Gasteiger partial charge in [0, 0.05) is 67.0 Å². The number of hydrogen-bond acceptors (Lipinski definition) is 6. The summed E-state index contributed by atoms with van der Waals surface area (Å²) in [6.07, 6.45) is 3.30. The van der Waals surface area contributed by atoms with Crippen molar-refractivity contribution in [2.45, 2.75) is 26.2 Å². The van der Waals surface area contributed by atoms with Crippen molar-refractivity contribution in [3.8, 4) is 23.2 Å². The summed E-state index contributed by atoms with van der Waals surface area (Å²) in [5.74, 6) is 1.68. The number of para-hydroxylation sites is 1. The molecule has 7 nitrogen and oxygen atoms in total. The number of ether oxygens (including phenoxy) is 1. The smallest absolute Gasteiger partial charge is 0.219 e. The topological polar surface area (TPSA) is 86.2 Å². The fourth-order valence-corrected chi connectivity index (χ4v) is 4.87. The van der Waals surface area contributed by atoms with Crippen molar-refractivity contribution >= 4 is 44.0 Å². The quantitative estimate of drug-likeness (QED) is 0.193. The van der Waals surface area contributed by atoms with E-state index in [2.05, 4.69) is 60.7 Å². The minimum atomic E-state index is -0.159. The van der Waals surface area contributed by atoms with Crippen LogP contribution < -0.4 is 4.74 Å². The molecule has 0 spiro atoms. The number of aromatic nitrogens is 4. The van der Waals surface area contributed by atoms with Gasteiger partial charge in [-0.15, -0.1) is 0 Å². The van der Waals surface area contributed by atoms with Crippen LogP contribution in [0.2, 0.25) is 0 Å². The number of rotatable bonds is 3. The maximum absolute atomic E-state index is 10.4. The second-order valence-corrected chi connectivity index (χ2v) is 10.3. The van der Waals surface area contributed by atoms with Crippen LogP contribution in [0.15, 0.2) is 83.5 Å². The molecule has 196 valence electrons. The van der Waals surface area contributed by atoms with Gasteiger partial charge in [-0.05, 0) is 41.3 Å². The maximum Gasteiger partial charge on any atom is 0.219 e. The van der Waals surface area contributed by atoms with Gasteiger partial charge in [0.1, 0.15) is 11.5 Å². The molecule has 0 saturated heterocycles. The van der Waals surface area contributed by atoms with E-state index in [1.807, 2.05) is 24.3 Å². The van der Waals surface area contributed by atoms with Crippen LogP contribution in [0.1, 0.15) is 26.3 Å².